The molecule has 0 radical (unpaired) electrons. The minimum Gasteiger partial charge on any atom is -0.434 e. The van der Waals surface area contributed by atoms with E-state index in [1.807, 2.05) is 0 Å². The van der Waals surface area contributed by atoms with Crippen molar-refractivity contribution >= 4 is 38.5 Å². The van der Waals surface area contributed by atoms with E-state index >= 15 is 0 Å². The summed E-state index contributed by atoms with van der Waals surface area (Å²) in [6, 6.07) is 15.3. The van der Waals surface area contributed by atoms with Gasteiger partial charge in [0.15, 0.2) is 15.4 Å². The number of amides is 2. The Balaban J connectivity index is 1.75. The maximum atomic E-state index is 13.8. The maximum Gasteiger partial charge on any atom is 0.264 e. The molecule has 11 heteroatoms. The molecule has 0 aliphatic carbocycles. The summed E-state index contributed by atoms with van der Waals surface area (Å²) in [5.41, 5.74) is 5.23. The van der Waals surface area contributed by atoms with Crippen LogP contribution in [0, 0.1) is 11.3 Å². The number of para-hydroxylation sites is 2. The summed E-state index contributed by atoms with van der Waals surface area (Å²) in [7, 11) is -4.01. The first-order valence-electron chi connectivity index (χ1n) is 12.4. The van der Waals surface area contributed by atoms with Crippen LogP contribution in [0.15, 0.2) is 59.0 Å². The van der Waals surface area contributed by atoms with Crippen molar-refractivity contribution in [3.05, 3.63) is 66.1 Å². The van der Waals surface area contributed by atoms with Gasteiger partial charge in [0.05, 0.1) is 30.1 Å². The molecule has 2 aromatic carbocycles. The second-order valence-corrected chi connectivity index (χ2v) is 11.6. The van der Waals surface area contributed by atoms with Crippen LogP contribution < -0.4 is 5.73 Å². The zero-order valence-corrected chi connectivity index (χ0v) is 22.0. The van der Waals surface area contributed by atoms with E-state index in [1.165, 1.54) is 4.90 Å². The largest absolute Gasteiger partial charge is 0.434 e. The first-order valence-corrected chi connectivity index (χ1v) is 14.3. The van der Waals surface area contributed by atoms with Crippen molar-refractivity contribution in [1.29, 1.82) is 0 Å². The van der Waals surface area contributed by atoms with Crippen molar-refractivity contribution < 1.29 is 32.0 Å². The highest BCUT2D eigenvalue weighted by Crippen LogP contribution is 2.39. The van der Waals surface area contributed by atoms with Crippen LogP contribution in [0.25, 0.3) is 11.1 Å². The van der Waals surface area contributed by atoms with Crippen molar-refractivity contribution in [2.24, 2.45) is 17.1 Å². The number of sulfone groups is 1. The average Bonchev–Trinajstić information content (AvgIpc) is 3.34. The van der Waals surface area contributed by atoms with Crippen molar-refractivity contribution in [2.45, 2.75) is 25.5 Å². The summed E-state index contributed by atoms with van der Waals surface area (Å²) in [6.45, 7) is 2.87. The molecule has 2 N–H and O–H groups in total. The molecule has 1 aliphatic heterocycles. The molecule has 2 amide bonds. The van der Waals surface area contributed by atoms with E-state index in [2.05, 4.69) is 4.98 Å². The number of nitrogens with two attached hydrogens (primary N) is 1. The van der Waals surface area contributed by atoms with E-state index in [9.17, 15) is 22.8 Å². The van der Waals surface area contributed by atoms with E-state index in [0.29, 0.717) is 43.0 Å². The van der Waals surface area contributed by atoms with Gasteiger partial charge in [0, 0.05) is 25.4 Å². The number of morpholine rings is 1. The lowest BCUT2D eigenvalue weighted by Crippen LogP contribution is -2.54. The van der Waals surface area contributed by atoms with E-state index in [0.717, 1.165) is 0 Å². The van der Waals surface area contributed by atoms with Gasteiger partial charge in [0.1, 0.15) is 5.52 Å². The van der Waals surface area contributed by atoms with Crippen LogP contribution in [0.1, 0.15) is 36.0 Å². The molecular weight excluding hydrogens is 510 g/mol. The summed E-state index contributed by atoms with van der Waals surface area (Å²) in [6.07, 6.45) is -0.501. The normalized spacial score (nSPS) is 16.6. The smallest absolute Gasteiger partial charge is 0.264 e. The van der Waals surface area contributed by atoms with Gasteiger partial charge in [-0.05, 0) is 24.1 Å². The van der Waals surface area contributed by atoms with Crippen LogP contribution in [0.4, 0.5) is 0 Å². The van der Waals surface area contributed by atoms with Gasteiger partial charge in [-0.2, -0.15) is 0 Å². The maximum absolute atomic E-state index is 13.8. The topological polar surface area (TPSA) is 150 Å². The minimum atomic E-state index is -4.01. The highest BCUT2D eigenvalue weighted by Gasteiger charge is 2.52. The molecule has 1 aliphatic rings. The van der Waals surface area contributed by atoms with Crippen LogP contribution in [0.5, 0.6) is 0 Å². The molecule has 202 valence electrons. The van der Waals surface area contributed by atoms with E-state index in [4.69, 9.17) is 14.9 Å². The summed E-state index contributed by atoms with van der Waals surface area (Å²) in [5.74, 6) is -4.84. The molecule has 1 unspecified atom stereocenters. The Morgan fingerprint density at radius 1 is 1.05 bits per heavy atom. The molecule has 38 heavy (non-hydrogen) atoms. The van der Waals surface area contributed by atoms with Crippen LogP contribution in [-0.2, 0) is 29.9 Å². The number of hydrogen-bond donors (Lipinski definition) is 1. The third kappa shape index (κ3) is 5.94. The first-order chi connectivity index (χ1) is 18.1. The van der Waals surface area contributed by atoms with Gasteiger partial charge in [-0.3, -0.25) is 14.4 Å². The molecule has 0 saturated carbocycles. The molecule has 4 rings (SSSR count). The Bertz CT molecular complexity index is 1380. The minimum absolute atomic E-state index is 0.0394. The summed E-state index contributed by atoms with van der Waals surface area (Å²) >= 11 is 0. The molecular formula is C27H31N3O7S. The quantitative estimate of drug-likeness (QED) is 0.364. The van der Waals surface area contributed by atoms with Crippen molar-refractivity contribution in [1.82, 2.24) is 9.88 Å². The van der Waals surface area contributed by atoms with E-state index in [-0.39, 0.29) is 18.1 Å². The summed E-state index contributed by atoms with van der Waals surface area (Å²) in [5, 5.41) is 0. The van der Waals surface area contributed by atoms with Crippen LogP contribution >= 0.6 is 0 Å². The summed E-state index contributed by atoms with van der Waals surface area (Å²) < 4.78 is 38.0. The van der Waals surface area contributed by atoms with Crippen LogP contribution in [-0.4, -0.2) is 68.0 Å². The number of hydrogen-bond acceptors (Lipinski definition) is 8. The Labute approximate surface area is 221 Å². The van der Waals surface area contributed by atoms with Gasteiger partial charge >= 0.3 is 0 Å². The number of nitrogens with zero attached hydrogens (tertiary/aromatic N) is 2. The SMILES string of the molecule is CC[C@H](C(=O)c1nc2ccccc2o1)C(CC(=O)N1CCOCC1)(CS(=O)(=O)Cc1ccccc1)C(N)=O. The van der Waals surface area contributed by atoms with E-state index < -0.39 is 50.9 Å². The molecule has 0 bridgehead atoms. The summed E-state index contributed by atoms with van der Waals surface area (Å²) in [4.78, 5) is 46.2. The van der Waals surface area contributed by atoms with Crippen LogP contribution in [0.3, 0.4) is 0 Å². The molecule has 0 spiro atoms. The third-order valence-corrected chi connectivity index (χ3v) is 8.65. The Kier molecular flexibility index (Phi) is 8.27. The Morgan fingerprint density at radius 2 is 1.71 bits per heavy atom. The third-order valence-electron chi connectivity index (χ3n) is 6.92. The lowest BCUT2D eigenvalue weighted by Gasteiger charge is -2.38. The lowest BCUT2D eigenvalue weighted by molar-refractivity contribution is -0.143. The zero-order chi connectivity index (χ0) is 27.3. The number of Topliss-reactive ketones (excluding diaryl/α,β-unsaturated/α-hetero) is 1. The second kappa shape index (κ2) is 11.4. The van der Waals surface area contributed by atoms with Crippen LogP contribution in [0.2, 0.25) is 0 Å². The number of primary amides is 1. The molecule has 1 saturated heterocycles. The second-order valence-electron chi connectivity index (χ2n) is 9.52. The number of ketones is 1. The molecule has 1 fully saturated rings. The van der Waals surface area contributed by atoms with E-state index in [1.54, 1.807) is 61.5 Å². The molecule has 10 nitrogen and oxygen atoms in total. The first kappa shape index (κ1) is 27.5. The van der Waals surface area contributed by atoms with Gasteiger partial charge in [0.2, 0.25) is 17.6 Å². The Morgan fingerprint density at radius 3 is 2.34 bits per heavy atom. The van der Waals surface area contributed by atoms with Gasteiger partial charge in [0.25, 0.3) is 5.89 Å². The van der Waals surface area contributed by atoms with Gasteiger partial charge in [-0.1, -0.05) is 49.4 Å². The van der Waals surface area contributed by atoms with Crippen molar-refractivity contribution in [3.63, 3.8) is 0 Å². The van der Waals surface area contributed by atoms with Gasteiger partial charge in [-0.15, -0.1) is 0 Å². The molecule has 2 atom stereocenters. The highest BCUT2D eigenvalue weighted by atomic mass is 32.2. The number of fused-ring (bicyclic) bond motifs is 1. The highest BCUT2D eigenvalue weighted by molar-refractivity contribution is 7.90. The predicted octanol–water partition coefficient (Wildman–Crippen LogP) is 2.37. The monoisotopic (exact) mass is 541 g/mol. The number of oxazole rings is 1. The standard InChI is InChI=1S/C27H31N3O7S/c1-2-20(24(32)25-29-21-10-6-7-11-22(21)37-25)27(26(28)33,16-23(31)30-12-14-36-15-13-30)18-38(34,35)17-19-8-4-3-5-9-19/h3-11,20H,2,12-18H2,1H3,(H2,28,33)/t20-,27?/m1/s1. The lowest BCUT2D eigenvalue weighted by atomic mass is 9.69. The Hall–Kier alpha value is -3.57. The molecule has 1 aromatic heterocycles. The molecule has 2 heterocycles. The predicted molar refractivity (Wildman–Crippen MR) is 140 cm³/mol. The number of rotatable bonds is 11. The fraction of sp³-hybridized carbons (Fsp3) is 0.407. The average molecular weight is 542 g/mol. The zero-order valence-electron chi connectivity index (χ0n) is 21.2. The number of carbonyl (C=O) groups is 3. The van der Waals surface area contributed by atoms with Crippen molar-refractivity contribution in [3.8, 4) is 0 Å². The van der Waals surface area contributed by atoms with Crippen molar-refractivity contribution in [2.75, 3.05) is 32.1 Å². The number of benzene rings is 2. The number of ether oxygens (including phenoxy) is 1. The fourth-order valence-electron chi connectivity index (χ4n) is 5.02. The van der Waals surface area contributed by atoms with Gasteiger partial charge in [-0.25, -0.2) is 13.4 Å². The number of carbonyl (C=O) groups excluding carboxylic acids is 3. The van der Waals surface area contributed by atoms with Gasteiger partial charge < -0.3 is 19.8 Å². The number of aromatic nitrogens is 1. The molecule has 3 aromatic rings. The fourth-order valence-corrected chi connectivity index (χ4v) is 7.06.